The fourth-order valence-corrected chi connectivity index (χ4v) is 2.51. The molecule has 0 aromatic carbocycles. The number of hydrogen-bond acceptors (Lipinski definition) is 2. The second-order valence-electron chi connectivity index (χ2n) is 2.62. The molecular weight excluding hydrogens is 203 g/mol. The van der Waals surface area contributed by atoms with Crippen molar-refractivity contribution in [2.75, 3.05) is 5.73 Å². The molecule has 1 aromatic heterocycles. The van der Waals surface area contributed by atoms with E-state index >= 15 is 0 Å². The first-order valence-electron chi connectivity index (χ1n) is 4.03. The number of aryl methyl sites for hydroxylation is 1. The van der Waals surface area contributed by atoms with Crippen LogP contribution in [-0.4, -0.2) is 19.5 Å². The maximum absolute atomic E-state index is 5.56. The number of nitrogens with zero attached hydrogens (tertiary/aromatic N) is 1. The molecule has 11 heavy (non-hydrogen) atoms. The van der Waals surface area contributed by atoms with E-state index in [1.54, 1.807) is 0 Å². The molecule has 0 saturated carbocycles. The Labute approximate surface area is 73.6 Å². The van der Waals surface area contributed by atoms with Crippen molar-refractivity contribution in [3.05, 3.63) is 10.6 Å². The molecule has 0 spiro atoms. The number of nitrogens with two attached hydrogens (primary N) is 1. The average Bonchev–Trinajstić information content (AvgIpc) is 2.37. The van der Waals surface area contributed by atoms with E-state index in [0.29, 0.717) is 14.5 Å². The van der Waals surface area contributed by atoms with Crippen molar-refractivity contribution in [3.63, 3.8) is 0 Å². The fraction of sp³-hybridized carbons (Fsp3) is 0.625. The van der Waals surface area contributed by atoms with Crippen LogP contribution >= 0.6 is 0 Å². The monoisotopic (exact) mass is 218 g/mol. The summed E-state index contributed by atoms with van der Waals surface area (Å²) in [6, 6.07) is 0. The van der Waals surface area contributed by atoms with E-state index < -0.39 is 0 Å². The second kappa shape index (κ2) is 4.58. The number of aromatic nitrogens is 1. The molecule has 0 aliphatic rings. The van der Waals surface area contributed by atoms with Crippen molar-refractivity contribution in [1.82, 2.24) is 4.98 Å². The van der Waals surface area contributed by atoms with Crippen LogP contribution in [0.15, 0.2) is 6.20 Å². The summed E-state index contributed by atoms with van der Waals surface area (Å²) in [6.07, 6.45) is 7.07. The molecule has 0 atom stereocenters. The molecule has 1 aromatic rings. The number of anilines is 1. The average molecular weight is 217 g/mol. The van der Waals surface area contributed by atoms with Crippen LogP contribution in [0.1, 0.15) is 30.6 Å². The van der Waals surface area contributed by atoms with Crippen molar-refractivity contribution in [1.29, 1.82) is 0 Å². The van der Waals surface area contributed by atoms with Crippen molar-refractivity contribution < 1.29 is 0 Å². The van der Waals surface area contributed by atoms with E-state index in [4.69, 9.17) is 5.73 Å². The Hall–Kier alpha value is -0.271. The van der Waals surface area contributed by atoms with Gasteiger partial charge in [-0.2, -0.15) is 0 Å². The minimum atomic E-state index is 0.383. The summed E-state index contributed by atoms with van der Waals surface area (Å²) in [5, 5.41) is 0. The summed E-state index contributed by atoms with van der Waals surface area (Å²) in [7, 11) is 0. The molecule has 0 saturated heterocycles. The van der Waals surface area contributed by atoms with Crippen LogP contribution < -0.4 is 5.73 Å². The summed E-state index contributed by atoms with van der Waals surface area (Å²) in [5.74, 6) is 0. The Morgan fingerprint density at radius 3 is 2.91 bits per heavy atom. The van der Waals surface area contributed by atoms with Gasteiger partial charge in [0.05, 0.1) is 0 Å². The van der Waals surface area contributed by atoms with Crippen LogP contribution in [0.5, 0.6) is 0 Å². The van der Waals surface area contributed by atoms with Gasteiger partial charge < -0.3 is 0 Å². The van der Waals surface area contributed by atoms with Crippen LogP contribution in [0.2, 0.25) is 0 Å². The Balaban J connectivity index is 2.27. The number of nitrogen functional groups attached to an aromatic ring is 1. The zero-order chi connectivity index (χ0) is 8.10. The fourth-order valence-electron chi connectivity index (χ4n) is 0.987. The van der Waals surface area contributed by atoms with Gasteiger partial charge in [0.15, 0.2) is 0 Å². The van der Waals surface area contributed by atoms with Gasteiger partial charge in [0.2, 0.25) is 0 Å². The molecule has 0 fully saturated rings. The molecule has 0 aliphatic carbocycles. The summed E-state index contributed by atoms with van der Waals surface area (Å²) in [6.45, 7) is 2.22. The molecule has 1 rings (SSSR count). The van der Waals surface area contributed by atoms with Gasteiger partial charge in [-0.25, -0.2) is 0 Å². The van der Waals surface area contributed by atoms with E-state index in [2.05, 4.69) is 11.9 Å². The topological polar surface area (TPSA) is 38.9 Å². The first-order chi connectivity index (χ1) is 5.33. The van der Waals surface area contributed by atoms with Crippen molar-refractivity contribution in [2.45, 2.75) is 32.6 Å². The van der Waals surface area contributed by atoms with Gasteiger partial charge in [0.25, 0.3) is 0 Å². The number of rotatable bonds is 4. The molecule has 2 N–H and O–H groups in total. The first-order valence-corrected chi connectivity index (χ1v) is 5.74. The molecule has 0 unspecified atom stereocenters. The Morgan fingerprint density at radius 1 is 1.55 bits per heavy atom. The van der Waals surface area contributed by atoms with Crippen molar-refractivity contribution in [3.8, 4) is 0 Å². The summed E-state index contributed by atoms with van der Waals surface area (Å²) in [5.41, 5.74) is 5.56. The molecule has 3 heteroatoms. The van der Waals surface area contributed by atoms with Gasteiger partial charge in [-0.15, -0.1) is 0 Å². The minimum absolute atomic E-state index is 0.383. The maximum atomic E-state index is 5.56. The van der Waals surface area contributed by atoms with Gasteiger partial charge in [-0.3, -0.25) is 0 Å². The van der Waals surface area contributed by atoms with E-state index in [1.807, 2.05) is 6.20 Å². The molecule has 0 bridgehead atoms. The van der Waals surface area contributed by atoms with Gasteiger partial charge in [-0.1, -0.05) is 0 Å². The molecule has 0 radical (unpaired) electrons. The standard InChI is InChI=1S/C8H14N2Se/c1-2-3-4-5-7-6-10-8(9)11-7/h6H,2-5H2,1H3,(H2,9,10). The third-order valence-electron chi connectivity index (χ3n) is 1.60. The first kappa shape index (κ1) is 8.82. The van der Waals surface area contributed by atoms with E-state index in [0.717, 1.165) is 4.69 Å². The van der Waals surface area contributed by atoms with Crippen LogP contribution in [0.4, 0.5) is 4.69 Å². The number of hydrogen-bond donors (Lipinski definition) is 1. The van der Waals surface area contributed by atoms with Crippen LogP contribution in [0.25, 0.3) is 0 Å². The van der Waals surface area contributed by atoms with E-state index in [1.165, 1.54) is 30.1 Å². The summed E-state index contributed by atoms with van der Waals surface area (Å²) in [4.78, 5) is 4.06. The second-order valence-corrected chi connectivity index (χ2v) is 5.03. The molecule has 2 nitrogen and oxygen atoms in total. The SMILES string of the molecule is CCCCCc1cnc(N)[se]1. The van der Waals surface area contributed by atoms with Crippen LogP contribution in [-0.2, 0) is 6.42 Å². The van der Waals surface area contributed by atoms with Gasteiger partial charge in [0, 0.05) is 0 Å². The molecular formula is C8H14N2Se. The third-order valence-corrected chi connectivity index (χ3v) is 3.46. The van der Waals surface area contributed by atoms with E-state index in [-0.39, 0.29) is 0 Å². The van der Waals surface area contributed by atoms with Crippen LogP contribution in [0.3, 0.4) is 0 Å². The van der Waals surface area contributed by atoms with Gasteiger partial charge in [-0.05, 0) is 0 Å². The van der Waals surface area contributed by atoms with Crippen molar-refractivity contribution in [2.24, 2.45) is 0 Å². The normalized spacial score (nSPS) is 10.3. The summed E-state index contributed by atoms with van der Waals surface area (Å²) >= 11 is 0.383. The van der Waals surface area contributed by atoms with Gasteiger partial charge in [0.1, 0.15) is 0 Å². The van der Waals surface area contributed by atoms with E-state index in [9.17, 15) is 0 Å². The summed E-state index contributed by atoms with van der Waals surface area (Å²) < 4.78 is 2.30. The Morgan fingerprint density at radius 2 is 2.36 bits per heavy atom. The van der Waals surface area contributed by atoms with Crippen molar-refractivity contribution >= 4 is 19.2 Å². The third kappa shape index (κ3) is 3.08. The number of unbranched alkanes of at least 4 members (excludes halogenated alkanes) is 2. The molecule has 1 heterocycles. The molecule has 62 valence electrons. The predicted molar refractivity (Wildman–Crippen MR) is 48.8 cm³/mol. The Kier molecular flexibility index (Phi) is 3.67. The Bertz CT molecular complexity index is 208. The van der Waals surface area contributed by atoms with Gasteiger partial charge >= 0.3 is 73.2 Å². The quantitative estimate of drug-likeness (QED) is 0.612. The zero-order valence-corrected chi connectivity index (χ0v) is 8.55. The zero-order valence-electron chi connectivity index (χ0n) is 6.84. The molecule has 0 amide bonds. The van der Waals surface area contributed by atoms with Crippen LogP contribution in [0, 0.1) is 0 Å². The predicted octanol–water partition coefficient (Wildman–Crippen LogP) is 1.45. The molecule has 0 aliphatic heterocycles.